The minimum Gasteiger partial charge on any atom is -0.507 e. The SMILES string of the molecule is CC(Cc1ccc(F)cc1)NC(=O)c1cc(I)ccc1O. The number of amides is 1. The lowest BCUT2D eigenvalue weighted by atomic mass is 10.1. The Morgan fingerprint density at radius 2 is 1.95 bits per heavy atom. The van der Waals surface area contributed by atoms with E-state index in [1.165, 1.54) is 18.2 Å². The van der Waals surface area contributed by atoms with E-state index in [1.54, 1.807) is 24.3 Å². The van der Waals surface area contributed by atoms with E-state index in [2.05, 4.69) is 27.9 Å². The Hall–Kier alpha value is -1.63. The number of hydrogen-bond donors (Lipinski definition) is 2. The molecule has 3 nitrogen and oxygen atoms in total. The molecule has 0 radical (unpaired) electrons. The molecule has 1 amide bonds. The quantitative estimate of drug-likeness (QED) is 0.774. The van der Waals surface area contributed by atoms with Crippen LogP contribution in [-0.4, -0.2) is 17.1 Å². The third kappa shape index (κ3) is 4.42. The van der Waals surface area contributed by atoms with Crippen molar-refractivity contribution < 1.29 is 14.3 Å². The van der Waals surface area contributed by atoms with E-state index in [0.29, 0.717) is 6.42 Å². The van der Waals surface area contributed by atoms with Crippen molar-refractivity contribution in [3.8, 4) is 5.75 Å². The van der Waals surface area contributed by atoms with Gasteiger partial charge in [-0.1, -0.05) is 12.1 Å². The predicted octanol–water partition coefficient (Wildman–Crippen LogP) is 3.50. The molecule has 0 saturated heterocycles. The van der Waals surface area contributed by atoms with Gasteiger partial charge in [0.05, 0.1) is 5.56 Å². The molecular weight excluding hydrogens is 384 g/mol. The molecule has 2 aromatic carbocycles. The number of benzene rings is 2. The Balaban J connectivity index is 2.01. The zero-order chi connectivity index (χ0) is 15.4. The highest BCUT2D eigenvalue weighted by atomic mass is 127. The predicted molar refractivity (Wildman–Crippen MR) is 87.9 cm³/mol. The van der Waals surface area contributed by atoms with Gasteiger partial charge in [-0.3, -0.25) is 4.79 Å². The van der Waals surface area contributed by atoms with Gasteiger partial charge in [-0.25, -0.2) is 4.39 Å². The first-order valence-corrected chi connectivity index (χ1v) is 7.57. The number of nitrogens with one attached hydrogen (secondary N) is 1. The lowest BCUT2D eigenvalue weighted by Crippen LogP contribution is -2.34. The summed E-state index contributed by atoms with van der Waals surface area (Å²) in [6.45, 7) is 1.87. The van der Waals surface area contributed by atoms with Crippen LogP contribution in [0.15, 0.2) is 42.5 Å². The van der Waals surface area contributed by atoms with Gasteiger partial charge in [0, 0.05) is 9.61 Å². The zero-order valence-electron chi connectivity index (χ0n) is 11.4. The van der Waals surface area contributed by atoms with E-state index in [0.717, 1.165) is 9.13 Å². The lowest BCUT2D eigenvalue weighted by Gasteiger charge is -2.15. The summed E-state index contributed by atoms with van der Waals surface area (Å²) in [5.74, 6) is -0.637. The van der Waals surface area contributed by atoms with E-state index in [9.17, 15) is 14.3 Å². The maximum absolute atomic E-state index is 12.8. The summed E-state index contributed by atoms with van der Waals surface area (Å²) in [5, 5.41) is 12.6. The van der Waals surface area contributed by atoms with Crippen LogP contribution in [0.4, 0.5) is 4.39 Å². The van der Waals surface area contributed by atoms with Crippen molar-refractivity contribution >= 4 is 28.5 Å². The third-order valence-corrected chi connectivity index (χ3v) is 3.71. The Kier molecular flexibility index (Phi) is 5.17. The van der Waals surface area contributed by atoms with Crippen molar-refractivity contribution in [1.29, 1.82) is 0 Å². The molecule has 5 heteroatoms. The van der Waals surface area contributed by atoms with Gasteiger partial charge in [0.25, 0.3) is 5.91 Å². The van der Waals surface area contributed by atoms with Gasteiger partial charge in [0.1, 0.15) is 11.6 Å². The van der Waals surface area contributed by atoms with Crippen LogP contribution in [0, 0.1) is 9.39 Å². The van der Waals surface area contributed by atoms with E-state index in [1.807, 2.05) is 6.92 Å². The minimum absolute atomic E-state index is 0.0399. The maximum atomic E-state index is 12.8. The number of carbonyl (C=O) groups is 1. The van der Waals surface area contributed by atoms with Crippen LogP contribution in [0.3, 0.4) is 0 Å². The molecule has 2 N–H and O–H groups in total. The summed E-state index contributed by atoms with van der Waals surface area (Å²) in [5.41, 5.74) is 1.20. The van der Waals surface area contributed by atoms with Crippen molar-refractivity contribution in [2.75, 3.05) is 0 Å². The molecule has 2 aromatic rings. The molecule has 1 unspecified atom stereocenters. The number of phenolic OH excluding ortho intramolecular Hbond substituents is 1. The smallest absolute Gasteiger partial charge is 0.255 e. The molecule has 0 saturated carbocycles. The highest BCUT2D eigenvalue weighted by Crippen LogP contribution is 2.19. The summed E-state index contributed by atoms with van der Waals surface area (Å²) >= 11 is 2.08. The monoisotopic (exact) mass is 399 g/mol. The third-order valence-electron chi connectivity index (χ3n) is 3.04. The standard InChI is InChI=1S/C16H15FINO2/c1-10(8-11-2-4-12(17)5-3-11)19-16(21)14-9-13(18)6-7-15(14)20/h2-7,9-10,20H,8H2,1H3,(H,19,21). The maximum Gasteiger partial charge on any atom is 0.255 e. The van der Waals surface area contributed by atoms with Crippen LogP contribution < -0.4 is 5.32 Å². The summed E-state index contributed by atoms with van der Waals surface area (Å²) in [7, 11) is 0. The van der Waals surface area contributed by atoms with Gasteiger partial charge in [-0.15, -0.1) is 0 Å². The first-order valence-electron chi connectivity index (χ1n) is 6.49. The van der Waals surface area contributed by atoms with Gasteiger partial charge >= 0.3 is 0 Å². The molecule has 0 bridgehead atoms. The van der Waals surface area contributed by atoms with E-state index >= 15 is 0 Å². The van der Waals surface area contributed by atoms with Gasteiger partial charge in [-0.2, -0.15) is 0 Å². The van der Waals surface area contributed by atoms with Crippen LogP contribution in [0.25, 0.3) is 0 Å². The van der Waals surface area contributed by atoms with Crippen molar-refractivity contribution in [1.82, 2.24) is 5.32 Å². The van der Waals surface area contributed by atoms with Crippen molar-refractivity contribution in [2.24, 2.45) is 0 Å². The molecule has 0 heterocycles. The molecule has 21 heavy (non-hydrogen) atoms. The second-order valence-electron chi connectivity index (χ2n) is 4.87. The second-order valence-corrected chi connectivity index (χ2v) is 6.11. The summed E-state index contributed by atoms with van der Waals surface area (Å²) in [6, 6.07) is 10.9. The summed E-state index contributed by atoms with van der Waals surface area (Å²) in [6.07, 6.45) is 0.594. The van der Waals surface area contributed by atoms with Crippen LogP contribution in [0.2, 0.25) is 0 Å². The fraction of sp³-hybridized carbons (Fsp3) is 0.188. The Labute approximate surface area is 136 Å². The van der Waals surface area contributed by atoms with E-state index in [4.69, 9.17) is 0 Å². The topological polar surface area (TPSA) is 49.3 Å². The van der Waals surface area contributed by atoms with Gasteiger partial charge < -0.3 is 10.4 Å². The zero-order valence-corrected chi connectivity index (χ0v) is 13.6. The first kappa shape index (κ1) is 15.8. The summed E-state index contributed by atoms with van der Waals surface area (Å²) in [4.78, 5) is 12.1. The van der Waals surface area contributed by atoms with Gasteiger partial charge in [0.2, 0.25) is 0 Å². The van der Waals surface area contributed by atoms with Crippen LogP contribution in [-0.2, 0) is 6.42 Å². The number of phenols is 1. The highest BCUT2D eigenvalue weighted by Gasteiger charge is 2.14. The van der Waals surface area contributed by atoms with Crippen LogP contribution in [0.5, 0.6) is 5.75 Å². The molecule has 1 atom stereocenters. The normalized spacial score (nSPS) is 12.0. The Bertz CT molecular complexity index is 643. The van der Waals surface area contributed by atoms with Crippen LogP contribution in [0.1, 0.15) is 22.8 Å². The molecule has 0 fully saturated rings. The molecule has 2 rings (SSSR count). The molecular formula is C16H15FINO2. The van der Waals surface area contributed by atoms with Crippen molar-refractivity contribution in [2.45, 2.75) is 19.4 Å². The van der Waals surface area contributed by atoms with Crippen molar-refractivity contribution in [3.63, 3.8) is 0 Å². The minimum atomic E-state index is -0.319. The van der Waals surface area contributed by atoms with E-state index in [-0.39, 0.29) is 29.1 Å². The molecule has 0 aliphatic carbocycles. The van der Waals surface area contributed by atoms with Gasteiger partial charge in [0.15, 0.2) is 0 Å². The average molecular weight is 399 g/mol. The lowest BCUT2D eigenvalue weighted by molar-refractivity contribution is 0.0937. The molecule has 0 aromatic heterocycles. The van der Waals surface area contributed by atoms with E-state index < -0.39 is 0 Å². The number of rotatable bonds is 4. The first-order chi connectivity index (χ1) is 9.95. The fourth-order valence-corrected chi connectivity index (χ4v) is 2.51. The Morgan fingerprint density at radius 1 is 1.29 bits per heavy atom. The second kappa shape index (κ2) is 6.89. The average Bonchev–Trinajstić information content (AvgIpc) is 2.44. The number of hydrogen-bond acceptors (Lipinski definition) is 2. The van der Waals surface area contributed by atoms with Gasteiger partial charge in [-0.05, 0) is 71.8 Å². The molecule has 0 aliphatic heterocycles. The van der Waals surface area contributed by atoms with Crippen molar-refractivity contribution in [3.05, 3.63) is 63.0 Å². The molecule has 0 spiro atoms. The molecule has 110 valence electrons. The Morgan fingerprint density at radius 3 is 2.62 bits per heavy atom. The number of halogens is 2. The molecule has 0 aliphatic rings. The fourth-order valence-electron chi connectivity index (χ4n) is 2.02. The number of aromatic hydroxyl groups is 1. The summed E-state index contributed by atoms with van der Waals surface area (Å²) < 4.78 is 13.7. The number of carbonyl (C=O) groups excluding carboxylic acids is 1. The largest absolute Gasteiger partial charge is 0.507 e. The highest BCUT2D eigenvalue weighted by molar-refractivity contribution is 14.1. The van der Waals surface area contributed by atoms with Crippen LogP contribution >= 0.6 is 22.6 Å².